The van der Waals surface area contributed by atoms with Gasteiger partial charge in [-0.05, 0) is 36.1 Å². The molecule has 2 heteroatoms. The SMILES string of the molecule is CC(C)(C)C1CC1Oc1ccc(F)cc1. The summed E-state index contributed by atoms with van der Waals surface area (Å²) in [6.45, 7) is 6.68. The fraction of sp³-hybridized carbons (Fsp3) is 0.538. The maximum Gasteiger partial charge on any atom is 0.123 e. The van der Waals surface area contributed by atoms with Crippen molar-refractivity contribution in [2.24, 2.45) is 11.3 Å². The van der Waals surface area contributed by atoms with Gasteiger partial charge in [0.05, 0.1) is 0 Å². The van der Waals surface area contributed by atoms with Gasteiger partial charge in [0.2, 0.25) is 0 Å². The highest BCUT2D eigenvalue weighted by atomic mass is 19.1. The minimum Gasteiger partial charge on any atom is -0.490 e. The predicted octanol–water partition coefficient (Wildman–Crippen LogP) is 3.64. The van der Waals surface area contributed by atoms with Crippen LogP contribution in [-0.4, -0.2) is 6.10 Å². The zero-order valence-corrected chi connectivity index (χ0v) is 9.46. The van der Waals surface area contributed by atoms with Crippen LogP contribution in [0.2, 0.25) is 0 Å². The third-order valence-corrected chi connectivity index (χ3v) is 2.95. The Kier molecular flexibility index (Phi) is 2.45. The molecule has 0 bridgehead atoms. The van der Waals surface area contributed by atoms with Crippen LogP contribution in [-0.2, 0) is 0 Å². The van der Waals surface area contributed by atoms with E-state index >= 15 is 0 Å². The summed E-state index contributed by atoms with van der Waals surface area (Å²) in [6, 6.07) is 6.24. The topological polar surface area (TPSA) is 9.23 Å². The van der Waals surface area contributed by atoms with Crippen molar-refractivity contribution in [3.63, 3.8) is 0 Å². The number of ether oxygens (including phenoxy) is 1. The maximum absolute atomic E-state index is 12.7. The van der Waals surface area contributed by atoms with Crippen molar-refractivity contribution in [3.8, 4) is 5.75 Å². The molecule has 0 N–H and O–H groups in total. The van der Waals surface area contributed by atoms with Gasteiger partial charge in [0.1, 0.15) is 17.7 Å². The molecule has 0 aromatic heterocycles. The first-order valence-electron chi connectivity index (χ1n) is 5.39. The average Bonchev–Trinajstić information content (AvgIpc) is 2.88. The lowest BCUT2D eigenvalue weighted by molar-refractivity contribution is 0.229. The largest absolute Gasteiger partial charge is 0.490 e. The minimum atomic E-state index is -0.217. The normalized spacial score (nSPS) is 25.1. The Hall–Kier alpha value is -1.05. The molecule has 2 atom stereocenters. The van der Waals surface area contributed by atoms with E-state index in [2.05, 4.69) is 20.8 Å². The van der Waals surface area contributed by atoms with Gasteiger partial charge in [-0.1, -0.05) is 20.8 Å². The Morgan fingerprint density at radius 3 is 2.27 bits per heavy atom. The Balaban J connectivity index is 1.93. The molecular formula is C13H17FO. The summed E-state index contributed by atoms with van der Waals surface area (Å²) in [5, 5.41) is 0. The van der Waals surface area contributed by atoms with Crippen molar-refractivity contribution in [2.75, 3.05) is 0 Å². The van der Waals surface area contributed by atoms with Crippen LogP contribution in [0.3, 0.4) is 0 Å². The Bertz CT molecular complexity index is 337. The number of benzene rings is 1. The molecule has 2 rings (SSSR count). The van der Waals surface area contributed by atoms with E-state index in [1.165, 1.54) is 12.1 Å². The summed E-state index contributed by atoms with van der Waals surface area (Å²) < 4.78 is 18.4. The van der Waals surface area contributed by atoms with Crippen molar-refractivity contribution in [1.82, 2.24) is 0 Å². The minimum absolute atomic E-state index is 0.217. The quantitative estimate of drug-likeness (QED) is 0.721. The van der Waals surface area contributed by atoms with E-state index in [0.717, 1.165) is 12.2 Å². The van der Waals surface area contributed by atoms with Gasteiger partial charge >= 0.3 is 0 Å². The van der Waals surface area contributed by atoms with Crippen LogP contribution in [0.1, 0.15) is 27.2 Å². The molecule has 1 aromatic carbocycles. The van der Waals surface area contributed by atoms with Gasteiger partial charge in [0, 0.05) is 5.92 Å². The van der Waals surface area contributed by atoms with Gasteiger partial charge in [-0.15, -0.1) is 0 Å². The van der Waals surface area contributed by atoms with Crippen LogP contribution in [0.4, 0.5) is 4.39 Å². The first-order chi connectivity index (χ1) is 6.97. The number of hydrogen-bond donors (Lipinski definition) is 0. The van der Waals surface area contributed by atoms with Crippen molar-refractivity contribution in [2.45, 2.75) is 33.3 Å². The van der Waals surface area contributed by atoms with Crippen LogP contribution in [0.15, 0.2) is 24.3 Å². The average molecular weight is 208 g/mol. The molecule has 1 aliphatic carbocycles. The van der Waals surface area contributed by atoms with E-state index in [1.807, 2.05) is 0 Å². The maximum atomic E-state index is 12.7. The van der Waals surface area contributed by atoms with E-state index in [1.54, 1.807) is 12.1 Å². The van der Waals surface area contributed by atoms with E-state index in [9.17, 15) is 4.39 Å². The van der Waals surface area contributed by atoms with Gasteiger partial charge in [0.15, 0.2) is 0 Å². The molecule has 0 radical (unpaired) electrons. The second kappa shape index (κ2) is 3.51. The molecule has 1 nitrogen and oxygen atoms in total. The molecule has 82 valence electrons. The van der Waals surface area contributed by atoms with Gasteiger partial charge < -0.3 is 4.74 Å². The molecule has 15 heavy (non-hydrogen) atoms. The number of hydrogen-bond acceptors (Lipinski definition) is 1. The molecule has 0 spiro atoms. The Morgan fingerprint density at radius 2 is 1.80 bits per heavy atom. The highest BCUT2D eigenvalue weighted by Gasteiger charge is 2.47. The van der Waals surface area contributed by atoms with Crippen LogP contribution >= 0.6 is 0 Å². The second-order valence-electron chi connectivity index (χ2n) is 5.32. The molecular weight excluding hydrogens is 191 g/mol. The van der Waals surface area contributed by atoms with Crippen molar-refractivity contribution < 1.29 is 9.13 Å². The summed E-state index contributed by atoms with van der Waals surface area (Å²) in [6.07, 6.45) is 1.43. The molecule has 0 heterocycles. The Morgan fingerprint density at radius 1 is 1.20 bits per heavy atom. The zero-order chi connectivity index (χ0) is 11.1. The van der Waals surface area contributed by atoms with Crippen molar-refractivity contribution in [1.29, 1.82) is 0 Å². The standard InChI is InChI=1S/C13H17FO/c1-13(2,3)11-8-12(11)15-10-6-4-9(14)5-7-10/h4-7,11-12H,8H2,1-3H3. The summed E-state index contributed by atoms with van der Waals surface area (Å²) in [4.78, 5) is 0. The van der Waals surface area contributed by atoms with Crippen LogP contribution in [0, 0.1) is 17.2 Å². The summed E-state index contributed by atoms with van der Waals surface area (Å²) >= 11 is 0. The summed E-state index contributed by atoms with van der Waals surface area (Å²) in [5.41, 5.74) is 0.310. The molecule has 0 aliphatic heterocycles. The lowest BCUT2D eigenvalue weighted by Crippen LogP contribution is -2.13. The van der Waals surface area contributed by atoms with Gasteiger partial charge in [-0.25, -0.2) is 4.39 Å². The third kappa shape index (κ3) is 2.49. The molecule has 1 aromatic rings. The van der Waals surface area contributed by atoms with Crippen molar-refractivity contribution in [3.05, 3.63) is 30.1 Å². The lowest BCUT2D eigenvalue weighted by Gasteiger charge is -2.18. The fourth-order valence-corrected chi connectivity index (χ4v) is 1.90. The Labute approximate surface area is 90.3 Å². The van der Waals surface area contributed by atoms with Gasteiger partial charge in [-0.2, -0.15) is 0 Å². The first kappa shape index (κ1) is 10.5. The molecule has 2 unspecified atom stereocenters. The smallest absolute Gasteiger partial charge is 0.123 e. The van der Waals surface area contributed by atoms with Gasteiger partial charge in [0.25, 0.3) is 0 Å². The molecule has 1 aliphatic rings. The first-order valence-corrected chi connectivity index (χ1v) is 5.39. The van der Waals surface area contributed by atoms with E-state index < -0.39 is 0 Å². The molecule has 1 saturated carbocycles. The molecule has 0 saturated heterocycles. The number of halogens is 1. The number of rotatable bonds is 2. The predicted molar refractivity (Wildman–Crippen MR) is 58.4 cm³/mol. The monoisotopic (exact) mass is 208 g/mol. The lowest BCUT2D eigenvalue weighted by atomic mass is 9.90. The summed E-state index contributed by atoms with van der Waals surface area (Å²) in [5.74, 6) is 1.18. The zero-order valence-electron chi connectivity index (χ0n) is 9.46. The second-order valence-corrected chi connectivity index (χ2v) is 5.32. The van der Waals surface area contributed by atoms with Crippen LogP contribution in [0.5, 0.6) is 5.75 Å². The fourth-order valence-electron chi connectivity index (χ4n) is 1.90. The summed E-state index contributed by atoms with van der Waals surface area (Å²) in [7, 11) is 0. The third-order valence-electron chi connectivity index (χ3n) is 2.95. The van der Waals surface area contributed by atoms with E-state index in [4.69, 9.17) is 4.74 Å². The molecule has 0 amide bonds. The van der Waals surface area contributed by atoms with E-state index in [0.29, 0.717) is 17.4 Å². The van der Waals surface area contributed by atoms with Crippen LogP contribution in [0.25, 0.3) is 0 Å². The highest BCUT2D eigenvalue weighted by Crippen LogP contribution is 2.47. The van der Waals surface area contributed by atoms with E-state index in [-0.39, 0.29) is 5.82 Å². The highest BCUT2D eigenvalue weighted by molar-refractivity contribution is 5.23. The van der Waals surface area contributed by atoms with Crippen LogP contribution < -0.4 is 4.74 Å². The van der Waals surface area contributed by atoms with Gasteiger partial charge in [-0.3, -0.25) is 0 Å². The van der Waals surface area contributed by atoms with Crippen molar-refractivity contribution >= 4 is 0 Å². The molecule has 1 fully saturated rings.